The van der Waals surface area contributed by atoms with Crippen LogP contribution in [0.25, 0.3) is 0 Å². The van der Waals surface area contributed by atoms with E-state index in [2.05, 4.69) is 10.2 Å². The van der Waals surface area contributed by atoms with Gasteiger partial charge < -0.3 is 19.5 Å². The summed E-state index contributed by atoms with van der Waals surface area (Å²) in [6.07, 6.45) is 3.03. The summed E-state index contributed by atoms with van der Waals surface area (Å²) in [6, 6.07) is 7.40. The summed E-state index contributed by atoms with van der Waals surface area (Å²) in [6.45, 7) is 4.00. The molecule has 6 nitrogen and oxygen atoms in total. The van der Waals surface area contributed by atoms with E-state index in [9.17, 15) is 4.79 Å². The Balaban J connectivity index is 1.43. The van der Waals surface area contributed by atoms with Crippen LogP contribution in [0.4, 0.5) is 5.69 Å². The molecule has 2 fully saturated rings. The number of methoxy groups -OCH3 is 1. The first-order chi connectivity index (χ1) is 11.7. The molecule has 2 aliphatic heterocycles. The number of nitrogens with one attached hydrogen (secondary N) is 1. The van der Waals surface area contributed by atoms with Gasteiger partial charge >= 0.3 is 0 Å². The second-order valence-electron chi connectivity index (χ2n) is 6.29. The van der Waals surface area contributed by atoms with Crippen LogP contribution >= 0.6 is 0 Å². The van der Waals surface area contributed by atoms with Gasteiger partial charge in [0.15, 0.2) is 0 Å². The molecule has 0 unspecified atom stereocenters. The van der Waals surface area contributed by atoms with Crippen LogP contribution in [0.1, 0.15) is 19.3 Å². The maximum Gasteiger partial charge on any atom is 0.225 e. The number of hydrogen-bond acceptors (Lipinski definition) is 5. The van der Waals surface area contributed by atoms with Gasteiger partial charge in [-0.2, -0.15) is 0 Å². The number of nitrogens with zero attached hydrogens (tertiary/aromatic N) is 1. The Morgan fingerprint density at radius 3 is 3.00 bits per heavy atom. The van der Waals surface area contributed by atoms with Crippen molar-refractivity contribution in [1.82, 2.24) is 4.90 Å². The highest BCUT2D eigenvalue weighted by Gasteiger charge is 2.31. The van der Waals surface area contributed by atoms with Crippen molar-refractivity contribution in [3.8, 4) is 5.75 Å². The Hall–Kier alpha value is -1.63. The van der Waals surface area contributed by atoms with Gasteiger partial charge in [0.1, 0.15) is 5.75 Å². The summed E-state index contributed by atoms with van der Waals surface area (Å²) in [5.41, 5.74) is 0.763. The Morgan fingerprint density at radius 2 is 2.21 bits per heavy atom. The van der Waals surface area contributed by atoms with Crippen molar-refractivity contribution in [2.75, 3.05) is 45.3 Å². The van der Waals surface area contributed by atoms with Crippen LogP contribution in [0.2, 0.25) is 0 Å². The number of rotatable bonds is 6. The topological polar surface area (TPSA) is 60.0 Å². The van der Waals surface area contributed by atoms with Crippen LogP contribution in [0.3, 0.4) is 0 Å². The summed E-state index contributed by atoms with van der Waals surface area (Å²) in [7, 11) is 1.61. The smallest absolute Gasteiger partial charge is 0.225 e. The minimum absolute atomic E-state index is 0.0170. The molecule has 0 aliphatic carbocycles. The fraction of sp³-hybridized carbons (Fsp3) is 0.611. The lowest BCUT2D eigenvalue weighted by molar-refractivity contribution is -0.118. The molecule has 1 amide bonds. The van der Waals surface area contributed by atoms with Crippen LogP contribution in [-0.4, -0.2) is 63.0 Å². The van der Waals surface area contributed by atoms with Gasteiger partial charge in [0.05, 0.1) is 25.9 Å². The van der Waals surface area contributed by atoms with Gasteiger partial charge in [0.2, 0.25) is 5.91 Å². The zero-order valence-electron chi connectivity index (χ0n) is 14.2. The van der Waals surface area contributed by atoms with E-state index in [0.717, 1.165) is 50.5 Å². The van der Waals surface area contributed by atoms with Crippen LogP contribution < -0.4 is 10.1 Å². The lowest BCUT2D eigenvalue weighted by Gasteiger charge is -2.35. The van der Waals surface area contributed by atoms with Gasteiger partial charge in [-0.1, -0.05) is 6.07 Å². The average molecular weight is 334 g/mol. The molecule has 24 heavy (non-hydrogen) atoms. The van der Waals surface area contributed by atoms with Crippen molar-refractivity contribution < 1.29 is 19.0 Å². The molecule has 2 atom stereocenters. The standard InChI is InChI=1S/C18H26N2O4/c1-22-15-5-2-4-14(12-15)19-18(21)7-8-20-9-11-24-17(13-20)16-6-3-10-23-16/h2,4-5,12,16-17H,3,6-11,13H2,1H3,(H,19,21)/t16-,17-/m1/s1. The molecule has 3 rings (SSSR count). The Kier molecular flexibility index (Phi) is 6.07. The lowest BCUT2D eigenvalue weighted by atomic mass is 10.1. The van der Waals surface area contributed by atoms with E-state index in [0.29, 0.717) is 13.0 Å². The largest absolute Gasteiger partial charge is 0.497 e. The predicted octanol–water partition coefficient (Wildman–Crippen LogP) is 1.90. The number of morpholine rings is 1. The van der Waals surface area contributed by atoms with Crippen LogP contribution in [-0.2, 0) is 14.3 Å². The summed E-state index contributed by atoms with van der Waals surface area (Å²) in [4.78, 5) is 14.5. The number of amides is 1. The SMILES string of the molecule is COc1cccc(NC(=O)CCN2CCO[C@@H]([C@H]3CCCO3)C2)c1. The number of benzene rings is 1. The van der Waals surface area contributed by atoms with Crippen molar-refractivity contribution in [1.29, 1.82) is 0 Å². The summed E-state index contributed by atoms with van der Waals surface area (Å²) in [5, 5.41) is 2.92. The normalized spacial score (nSPS) is 24.7. The Labute approximate surface area is 143 Å². The van der Waals surface area contributed by atoms with Crippen molar-refractivity contribution in [2.45, 2.75) is 31.5 Å². The molecule has 1 aromatic rings. The van der Waals surface area contributed by atoms with Crippen molar-refractivity contribution in [2.24, 2.45) is 0 Å². The molecule has 0 bridgehead atoms. The number of carbonyl (C=O) groups excluding carboxylic acids is 1. The highest BCUT2D eigenvalue weighted by atomic mass is 16.5. The molecule has 2 heterocycles. The average Bonchev–Trinajstić information content (AvgIpc) is 3.15. The van der Waals surface area contributed by atoms with E-state index in [-0.39, 0.29) is 18.1 Å². The fourth-order valence-corrected chi connectivity index (χ4v) is 3.24. The molecule has 132 valence electrons. The van der Waals surface area contributed by atoms with E-state index in [1.807, 2.05) is 24.3 Å². The minimum Gasteiger partial charge on any atom is -0.497 e. The third kappa shape index (κ3) is 4.69. The predicted molar refractivity (Wildman–Crippen MR) is 91.4 cm³/mol. The monoisotopic (exact) mass is 334 g/mol. The Morgan fingerprint density at radius 1 is 1.33 bits per heavy atom. The lowest BCUT2D eigenvalue weighted by Crippen LogP contribution is -2.48. The van der Waals surface area contributed by atoms with Gasteiger partial charge in [-0.3, -0.25) is 9.69 Å². The number of hydrogen-bond donors (Lipinski definition) is 1. The van der Waals surface area contributed by atoms with E-state index in [4.69, 9.17) is 14.2 Å². The first kappa shape index (κ1) is 17.2. The molecule has 1 N–H and O–H groups in total. The first-order valence-electron chi connectivity index (χ1n) is 8.64. The van der Waals surface area contributed by atoms with Gasteiger partial charge in [-0.05, 0) is 25.0 Å². The first-order valence-corrected chi connectivity index (χ1v) is 8.64. The van der Waals surface area contributed by atoms with Gasteiger partial charge in [-0.25, -0.2) is 0 Å². The number of anilines is 1. The van der Waals surface area contributed by atoms with Crippen LogP contribution in [0, 0.1) is 0 Å². The Bertz CT molecular complexity index is 546. The molecule has 1 aromatic carbocycles. The molecule has 0 saturated carbocycles. The van der Waals surface area contributed by atoms with Gasteiger partial charge in [0, 0.05) is 44.4 Å². The maximum atomic E-state index is 12.2. The zero-order valence-corrected chi connectivity index (χ0v) is 14.2. The fourth-order valence-electron chi connectivity index (χ4n) is 3.24. The third-order valence-corrected chi connectivity index (χ3v) is 4.57. The third-order valence-electron chi connectivity index (χ3n) is 4.57. The van der Waals surface area contributed by atoms with E-state index in [1.54, 1.807) is 7.11 Å². The number of carbonyl (C=O) groups is 1. The second kappa shape index (κ2) is 8.46. The summed E-state index contributed by atoms with van der Waals surface area (Å²) >= 11 is 0. The summed E-state index contributed by atoms with van der Waals surface area (Å²) < 4.78 is 16.7. The van der Waals surface area contributed by atoms with Crippen molar-refractivity contribution in [3.63, 3.8) is 0 Å². The molecule has 2 aliphatic rings. The highest BCUT2D eigenvalue weighted by molar-refractivity contribution is 5.91. The molecule has 0 aromatic heterocycles. The molecule has 0 spiro atoms. The van der Waals surface area contributed by atoms with Gasteiger partial charge in [-0.15, -0.1) is 0 Å². The van der Waals surface area contributed by atoms with E-state index >= 15 is 0 Å². The second-order valence-corrected chi connectivity index (χ2v) is 6.29. The van der Waals surface area contributed by atoms with E-state index in [1.165, 1.54) is 0 Å². The zero-order chi connectivity index (χ0) is 16.8. The number of ether oxygens (including phenoxy) is 3. The molecule has 2 saturated heterocycles. The molecule has 0 radical (unpaired) electrons. The highest BCUT2D eigenvalue weighted by Crippen LogP contribution is 2.21. The van der Waals surface area contributed by atoms with Crippen molar-refractivity contribution in [3.05, 3.63) is 24.3 Å². The summed E-state index contributed by atoms with van der Waals surface area (Å²) in [5.74, 6) is 0.754. The quantitative estimate of drug-likeness (QED) is 0.861. The van der Waals surface area contributed by atoms with Crippen LogP contribution in [0.5, 0.6) is 5.75 Å². The van der Waals surface area contributed by atoms with Gasteiger partial charge in [0.25, 0.3) is 0 Å². The van der Waals surface area contributed by atoms with Crippen molar-refractivity contribution >= 4 is 11.6 Å². The molecular weight excluding hydrogens is 308 g/mol. The maximum absolute atomic E-state index is 12.2. The molecule has 6 heteroatoms. The van der Waals surface area contributed by atoms with E-state index < -0.39 is 0 Å². The molecular formula is C18H26N2O4. The minimum atomic E-state index is 0.0170. The van der Waals surface area contributed by atoms with Crippen LogP contribution in [0.15, 0.2) is 24.3 Å².